The van der Waals surface area contributed by atoms with Gasteiger partial charge in [-0.3, -0.25) is 4.68 Å². The normalized spacial score (nSPS) is 10.4. The molecular weight excluding hydrogens is 200 g/mol. The van der Waals surface area contributed by atoms with Gasteiger partial charge in [-0.2, -0.15) is 5.10 Å². The van der Waals surface area contributed by atoms with Crippen LogP contribution in [0.1, 0.15) is 0 Å². The Bertz CT molecular complexity index is 443. The van der Waals surface area contributed by atoms with Crippen molar-refractivity contribution in [3.63, 3.8) is 0 Å². The van der Waals surface area contributed by atoms with Gasteiger partial charge in [-0.1, -0.05) is 11.6 Å². The van der Waals surface area contributed by atoms with Crippen molar-refractivity contribution in [2.45, 2.75) is 0 Å². The van der Waals surface area contributed by atoms with E-state index in [1.807, 2.05) is 13.2 Å². The highest BCUT2D eigenvalue weighted by Gasteiger charge is 2.03. The number of aryl methyl sites for hydroxylation is 1. The standard InChI is InChI=1S/C9H9ClN4/c1-14-5-7(4-12-14)6-2-8(10)13-9(11)3-6/h2-5H,1H3,(H2,11,13). The first-order chi connectivity index (χ1) is 6.65. The zero-order valence-corrected chi connectivity index (χ0v) is 8.36. The largest absolute Gasteiger partial charge is 0.384 e. The minimum atomic E-state index is 0.392. The molecule has 0 radical (unpaired) electrons. The molecule has 2 aromatic heterocycles. The number of pyridine rings is 1. The quantitative estimate of drug-likeness (QED) is 0.726. The van der Waals surface area contributed by atoms with Crippen LogP contribution in [-0.4, -0.2) is 14.8 Å². The molecular formula is C9H9ClN4. The third kappa shape index (κ3) is 1.70. The number of anilines is 1. The van der Waals surface area contributed by atoms with Crippen LogP contribution in [0.25, 0.3) is 11.1 Å². The minimum Gasteiger partial charge on any atom is -0.384 e. The molecule has 0 aromatic carbocycles. The molecule has 72 valence electrons. The fourth-order valence-electron chi connectivity index (χ4n) is 1.25. The predicted octanol–water partition coefficient (Wildman–Crippen LogP) is 1.72. The van der Waals surface area contributed by atoms with Gasteiger partial charge in [-0.15, -0.1) is 0 Å². The molecule has 0 aliphatic rings. The van der Waals surface area contributed by atoms with Crippen LogP contribution in [0.3, 0.4) is 0 Å². The number of aromatic nitrogens is 3. The summed E-state index contributed by atoms with van der Waals surface area (Å²) in [4.78, 5) is 3.88. The SMILES string of the molecule is Cn1cc(-c2cc(N)nc(Cl)c2)cn1. The maximum atomic E-state index is 5.79. The van der Waals surface area contributed by atoms with E-state index in [1.165, 1.54) is 0 Å². The Morgan fingerprint density at radius 1 is 1.36 bits per heavy atom. The average Bonchev–Trinajstić information content (AvgIpc) is 2.50. The maximum absolute atomic E-state index is 5.79. The number of nitrogen functional groups attached to an aromatic ring is 1. The maximum Gasteiger partial charge on any atom is 0.132 e. The molecule has 5 heteroatoms. The Balaban J connectivity index is 2.51. The van der Waals surface area contributed by atoms with E-state index in [0.29, 0.717) is 11.0 Å². The van der Waals surface area contributed by atoms with Crippen LogP contribution in [-0.2, 0) is 7.05 Å². The van der Waals surface area contributed by atoms with Crippen LogP contribution < -0.4 is 5.73 Å². The molecule has 0 fully saturated rings. The lowest BCUT2D eigenvalue weighted by Crippen LogP contribution is -1.90. The molecule has 0 aliphatic carbocycles. The third-order valence-corrected chi connectivity index (χ3v) is 2.05. The highest BCUT2D eigenvalue weighted by molar-refractivity contribution is 6.29. The van der Waals surface area contributed by atoms with Gasteiger partial charge in [0, 0.05) is 18.8 Å². The van der Waals surface area contributed by atoms with Gasteiger partial charge >= 0.3 is 0 Å². The van der Waals surface area contributed by atoms with Crippen molar-refractivity contribution in [2.75, 3.05) is 5.73 Å². The van der Waals surface area contributed by atoms with E-state index >= 15 is 0 Å². The Morgan fingerprint density at radius 2 is 2.14 bits per heavy atom. The molecule has 0 amide bonds. The molecule has 0 spiro atoms. The van der Waals surface area contributed by atoms with E-state index in [9.17, 15) is 0 Å². The molecule has 2 rings (SSSR count). The fourth-order valence-corrected chi connectivity index (χ4v) is 1.47. The van der Waals surface area contributed by atoms with Gasteiger partial charge < -0.3 is 5.73 Å². The highest BCUT2D eigenvalue weighted by Crippen LogP contribution is 2.22. The molecule has 2 aromatic rings. The first-order valence-corrected chi connectivity index (χ1v) is 4.45. The van der Waals surface area contributed by atoms with Crippen LogP contribution >= 0.6 is 11.6 Å². The number of nitrogens with two attached hydrogens (primary N) is 1. The molecule has 4 nitrogen and oxygen atoms in total. The fraction of sp³-hybridized carbons (Fsp3) is 0.111. The minimum absolute atomic E-state index is 0.392. The van der Waals surface area contributed by atoms with E-state index in [-0.39, 0.29) is 0 Å². The van der Waals surface area contributed by atoms with Gasteiger partial charge in [-0.05, 0) is 17.7 Å². The summed E-state index contributed by atoms with van der Waals surface area (Å²) in [5.41, 5.74) is 7.48. The summed E-state index contributed by atoms with van der Waals surface area (Å²) >= 11 is 5.79. The Hall–Kier alpha value is -1.55. The molecule has 2 N–H and O–H groups in total. The van der Waals surface area contributed by atoms with Crippen LogP contribution in [0.15, 0.2) is 24.5 Å². The first kappa shape index (κ1) is 9.02. The van der Waals surface area contributed by atoms with Crippen molar-refractivity contribution in [3.8, 4) is 11.1 Å². The van der Waals surface area contributed by atoms with Crippen molar-refractivity contribution < 1.29 is 0 Å². The molecule has 0 saturated carbocycles. The smallest absolute Gasteiger partial charge is 0.132 e. The van der Waals surface area contributed by atoms with E-state index in [2.05, 4.69) is 10.1 Å². The van der Waals surface area contributed by atoms with E-state index in [4.69, 9.17) is 17.3 Å². The Labute approximate surface area is 86.3 Å². The second-order valence-corrected chi connectivity index (χ2v) is 3.39. The summed E-state index contributed by atoms with van der Waals surface area (Å²) in [6.45, 7) is 0. The van der Waals surface area contributed by atoms with Gasteiger partial charge in [0.15, 0.2) is 0 Å². The van der Waals surface area contributed by atoms with Gasteiger partial charge in [0.05, 0.1) is 6.20 Å². The van der Waals surface area contributed by atoms with Crippen molar-refractivity contribution in [2.24, 2.45) is 7.05 Å². The van der Waals surface area contributed by atoms with Crippen LogP contribution in [0, 0.1) is 0 Å². The van der Waals surface area contributed by atoms with Crippen LogP contribution in [0.2, 0.25) is 5.15 Å². The Kier molecular flexibility index (Phi) is 2.13. The lowest BCUT2D eigenvalue weighted by molar-refractivity contribution is 0.768. The highest BCUT2D eigenvalue weighted by atomic mass is 35.5. The van der Waals surface area contributed by atoms with Gasteiger partial charge in [0.2, 0.25) is 0 Å². The predicted molar refractivity (Wildman–Crippen MR) is 55.9 cm³/mol. The molecule has 2 heterocycles. The third-order valence-electron chi connectivity index (χ3n) is 1.85. The summed E-state index contributed by atoms with van der Waals surface area (Å²) in [6.07, 6.45) is 3.65. The molecule has 0 unspecified atom stereocenters. The van der Waals surface area contributed by atoms with E-state index in [1.54, 1.807) is 23.0 Å². The van der Waals surface area contributed by atoms with Crippen LogP contribution in [0.5, 0.6) is 0 Å². The zero-order valence-electron chi connectivity index (χ0n) is 7.61. The first-order valence-electron chi connectivity index (χ1n) is 4.07. The number of halogens is 1. The summed E-state index contributed by atoms with van der Waals surface area (Å²) in [5, 5.41) is 4.46. The van der Waals surface area contributed by atoms with Crippen LogP contribution in [0.4, 0.5) is 5.82 Å². The summed E-state index contributed by atoms with van der Waals surface area (Å²) < 4.78 is 1.72. The second kappa shape index (κ2) is 3.31. The van der Waals surface area contributed by atoms with Crippen molar-refractivity contribution in [1.29, 1.82) is 0 Å². The number of hydrogen-bond donors (Lipinski definition) is 1. The molecule has 0 atom stereocenters. The topological polar surface area (TPSA) is 56.7 Å². The van der Waals surface area contributed by atoms with Crippen molar-refractivity contribution >= 4 is 17.4 Å². The number of rotatable bonds is 1. The monoisotopic (exact) mass is 208 g/mol. The molecule has 14 heavy (non-hydrogen) atoms. The number of nitrogens with zero attached hydrogens (tertiary/aromatic N) is 3. The summed E-state index contributed by atoms with van der Waals surface area (Å²) in [6, 6.07) is 3.53. The van der Waals surface area contributed by atoms with E-state index < -0.39 is 0 Å². The summed E-state index contributed by atoms with van der Waals surface area (Å²) in [5.74, 6) is 0.413. The average molecular weight is 209 g/mol. The lowest BCUT2D eigenvalue weighted by Gasteiger charge is -1.99. The van der Waals surface area contributed by atoms with E-state index in [0.717, 1.165) is 11.1 Å². The van der Waals surface area contributed by atoms with Crippen molar-refractivity contribution in [1.82, 2.24) is 14.8 Å². The molecule has 0 bridgehead atoms. The zero-order chi connectivity index (χ0) is 10.1. The Morgan fingerprint density at radius 3 is 2.71 bits per heavy atom. The number of hydrogen-bond acceptors (Lipinski definition) is 3. The summed E-state index contributed by atoms with van der Waals surface area (Å²) in [7, 11) is 1.86. The lowest BCUT2D eigenvalue weighted by atomic mass is 10.1. The van der Waals surface area contributed by atoms with Crippen molar-refractivity contribution in [3.05, 3.63) is 29.7 Å². The molecule has 0 saturated heterocycles. The molecule has 0 aliphatic heterocycles. The van der Waals surface area contributed by atoms with Gasteiger partial charge in [-0.25, -0.2) is 4.98 Å². The second-order valence-electron chi connectivity index (χ2n) is 3.01. The van der Waals surface area contributed by atoms with Gasteiger partial charge in [0.1, 0.15) is 11.0 Å². The van der Waals surface area contributed by atoms with Gasteiger partial charge in [0.25, 0.3) is 0 Å².